The maximum atomic E-state index is 12.4. The van der Waals surface area contributed by atoms with Crippen LogP contribution in [0.1, 0.15) is 17.3 Å². The molecular weight excluding hydrogens is 358 g/mol. The molecule has 0 aliphatic carbocycles. The van der Waals surface area contributed by atoms with Crippen molar-refractivity contribution in [2.75, 3.05) is 53.1 Å². The van der Waals surface area contributed by atoms with Gasteiger partial charge in [-0.2, -0.15) is 0 Å². The van der Waals surface area contributed by atoms with Crippen LogP contribution in [-0.4, -0.2) is 78.4 Å². The summed E-state index contributed by atoms with van der Waals surface area (Å²) in [5.74, 6) is -0.293. The number of nitrogens with zero attached hydrogens (tertiary/aromatic N) is 1. The van der Waals surface area contributed by atoms with E-state index in [0.29, 0.717) is 25.3 Å². The maximum Gasteiger partial charge on any atom is 0.251 e. The van der Waals surface area contributed by atoms with E-state index < -0.39 is 10.0 Å². The van der Waals surface area contributed by atoms with Gasteiger partial charge in [-0.25, -0.2) is 13.1 Å². The van der Waals surface area contributed by atoms with Crippen molar-refractivity contribution in [1.29, 1.82) is 0 Å². The summed E-state index contributed by atoms with van der Waals surface area (Å²) in [6.45, 7) is 6.08. The highest BCUT2D eigenvalue weighted by Gasteiger charge is 2.19. The lowest BCUT2D eigenvalue weighted by Crippen LogP contribution is -2.47. The first-order chi connectivity index (χ1) is 12.4. The van der Waals surface area contributed by atoms with E-state index in [9.17, 15) is 13.2 Å². The second kappa shape index (κ2) is 9.98. The zero-order valence-corrected chi connectivity index (χ0v) is 16.0. The Bertz CT molecular complexity index is 689. The Labute approximate surface area is 154 Å². The first-order valence-electron chi connectivity index (χ1n) is 8.62. The van der Waals surface area contributed by atoms with Gasteiger partial charge < -0.3 is 14.8 Å². The Morgan fingerprint density at radius 2 is 2.08 bits per heavy atom. The third kappa shape index (κ3) is 6.03. The number of ether oxygens (including phenoxy) is 2. The molecule has 0 saturated carbocycles. The summed E-state index contributed by atoms with van der Waals surface area (Å²) < 4.78 is 37.1. The van der Waals surface area contributed by atoms with Crippen molar-refractivity contribution in [3.05, 3.63) is 29.8 Å². The number of carbonyl (C=O) groups is 1. The van der Waals surface area contributed by atoms with Crippen molar-refractivity contribution in [2.24, 2.45) is 0 Å². The number of amides is 1. The van der Waals surface area contributed by atoms with Crippen molar-refractivity contribution >= 4 is 15.9 Å². The van der Waals surface area contributed by atoms with Crippen LogP contribution in [0, 0.1) is 0 Å². The van der Waals surface area contributed by atoms with Crippen LogP contribution in [0.25, 0.3) is 0 Å². The molecule has 1 saturated heterocycles. The first-order valence-corrected chi connectivity index (χ1v) is 10.1. The molecule has 1 aromatic carbocycles. The van der Waals surface area contributed by atoms with E-state index in [0.717, 1.165) is 13.1 Å². The van der Waals surface area contributed by atoms with Crippen LogP contribution >= 0.6 is 0 Å². The predicted octanol–water partition coefficient (Wildman–Crippen LogP) is 0.0618. The quantitative estimate of drug-likeness (QED) is 0.584. The summed E-state index contributed by atoms with van der Waals surface area (Å²) in [4.78, 5) is 14.7. The Kier molecular flexibility index (Phi) is 7.98. The topological polar surface area (TPSA) is 97.0 Å². The van der Waals surface area contributed by atoms with E-state index in [2.05, 4.69) is 14.9 Å². The number of rotatable bonds is 9. The highest BCUT2D eigenvalue weighted by atomic mass is 32.2. The Hall–Kier alpha value is -1.52. The highest BCUT2D eigenvalue weighted by Crippen LogP contribution is 2.12. The molecule has 1 atom stereocenters. The van der Waals surface area contributed by atoms with Gasteiger partial charge in [0.2, 0.25) is 10.0 Å². The van der Waals surface area contributed by atoms with Crippen molar-refractivity contribution in [2.45, 2.75) is 17.9 Å². The van der Waals surface area contributed by atoms with Gasteiger partial charge in [-0.1, -0.05) is 6.07 Å². The number of hydrogen-bond donors (Lipinski definition) is 2. The average molecular weight is 385 g/mol. The molecule has 1 heterocycles. The molecule has 0 bridgehead atoms. The molecule has 26 heavy (non-hydrogen) atoms. The average Bonchev–Trinajstić information content (AvgIpc) is 2.66. The van der Waals surface area contributed by atoms with Crippen molar-refractivity contribution < 1.29 is 22.7 Å². The summed E-state index contributed by atoms with van der Waals surface area (Å²) in [5, 5.41) is 2.87. The summed E-state index contributed by atoms with van der Waals surface area (Å²) in [6.07, 6.45) is 0. The molecule has 8 nitrogen and oxygen atoms in total. The van der Waals surface area contributed by atoms with E-state index in [4.69, 9.17) is 9.47 Å². The van der Waals surface area contributed by atoms with Gasteiger partial charge in [-0.3, -0.25) is 9.69 Å². The Morgan fingerprint density at radius 3 is 2.77 bits per heavy atom. The molecule has 0 aromatic heterocycles. The number of benzene rings is 1. The number of morpholine rings is 1. The molecule has 1 aliphatic heterocycles. The zero-order valence-electron chi connectivity index (χ0n) is 15.2. The van der Waals surface area contributed by atoms with Crippen LogP contribution in [-0.2, 0) is 19.5 Å². The minimum absolute atomic E-state index is 0.0579. The Morgan fingerprint density at radius 1 is 1.35 bits per heavy atom. The van der Waals surface area contributed by atoms with Crippen LogP contribution in [0.3, 0.4) is 0 Å². The van der Waals surface area contributed by atoms with Gasteiger partial charge >= 0.3 is 0 Å². The number of hydrogen-bond acceptors (Lipinski definition) is 6. The summed E-state index contributed by atoms with van der Waals surface area (Å²) in [5.41, 5.74) is 0.314. The van der Waals surface area contributed by atoms with E-state index in [1.165, 1.54) is 19.2 Å². The van der Waals surface area contributed by atoms with Crippen LogP contribution in [0.5, 0.6) is 0 Å². The molecule has 1 aromatic rings. The molecule has 1 unspecified atom stereocenters. The van der Waals surface area contributed by atoms with E-state index in [-0.39, 0.29) is 30.0 Å². The smallest absolute Gasteiger partial charge is 0.251 e. The van der Waals surface area contributed by atoms with Crippen molar-refractivity contribution in [3.8, 4) is 0 Å². The summed E-state index contributed by atoms with van der Waals surface area (Å²) >= 11 is 0. The van der Waals surface area contributed by atoms with E-state index in [1.807, 2.05) is 6.92 Å². The standard InChI is InChI=1S/C17H27N3O5S/c1-14(20-7-10-25-11-8-20)13-18-17(21)15-4-3-5-16(12-15)26(22,23)19-6-9-24-2/h3-5,12,14,19H,6-11,13H2,1-2H3,(H,18,21). The molecule has 1 amide bonds. The Balaban J connectivity index is 1.94. The normalized spacial score (nSPS) is 17.0. The molecule has 9 heteroatoms. The second-order valence-electron chi connectivity index (χ2n) is 6.13. The fraction of sp³-hybridized carbons (Fsp3) is 0.588. The molecule has 2 rings (SSSR count). The van der Waals surface area contributed by atoms with Crippen LogP contribution < -0.4 is 10.0 Å². The zero-order chi connectivity index (χ0) is 19.0. The SMILES string of the molecule is COCCNS(=O)(=O)c1cccc(C(=O)NCC(C)N2CCOCC2)c1. The van der Waals surface area contributed by atoms with Crippen LogP contribution in [0.15, 0.2) is 29.2 Å². The maximum absolute atomic E-state index is 12.4. The van der Waals surface area contributed by atoms with E-state index in [1.54, 1.807) is 12.1 Å². The van der Waals surface area contributed by atoms with Gasteiger partial charge in [0.15, 0.2) is 0 Å². The lowest BCUT2D eigenvalue weighted by molar-refractivity contribution is 0.0204. The number of sulfonamides is 1. The lowest BCUT2D eigenvalue weighted by Gasteiger charge is -2.32. The summed E-state index contributed by atoms with van der Waals surface area (Å²) in [7, 11) is -2.17. The second-order valence-corrected chi connectivity index (χ2v) is 7.89. The molecule has 2 N–H and O–H groups in total. The molecular formula is C17H27N3O5S. The third-order valence-corrected chi connectivity index (χ3v) is 5.69. The molecule has 1 fully saturated rings. The molecule has 0 radical (unpaired) electrons. The molecule has 0 spiro atoms. The monoisotopic (exact) mass is 385 g/mol. The largest absolute Gasteiger partial charge is 0.383 e. The predicted molar refractivity (Wildman–Crippen MR) is 97.7 cm³/mol. The van der Waals surface area contributed by atoms with Gasteiger partial charge in [0, 0.05) is 44.9 Å². The van der Waals surface area contributed by atoms with E-state index >= 15 is 0 Å². The third-order valence-electron chi connectivity index (χ3n) is 4.23. The summed E-state index contributed by atoms with van der Waals surface area (Å²) in [6, 6.07) is 6.19. The lowest BCUT2D eigenvalue weighted by atomic mass is 10.2. The van der Waals surface area contributed by atoms with Crippen LogP contribution in [0.4, 0.5) is 0 Å². The fourth-order valence-corrected chi connectivity index (χ4v) is 3.71. The van der Waals surface area contributed by atoms with Gasteiger partial charge in [-0.15, -0.1) is 0 Å². The minimum Gasteiger partial charge on any atom is -0.383 e. The van der Waals surface area contributed by atoms with Crippen molar-refractivity contribution in [3.63, 3.8) is 0 Å². The van der Waals surface area contributed by atoms with Gasteiger partial charge in [0.05, 0.1) is 24.7 Å². The van der Waals surface area contributed by atoms with Crippen molar-refractivity contribution in [1.82, 2.24) is 14.9 Å². The van der Waals surface area contributed by atoms with Gasteiger partial charge in [0.25, 0.3) is 5.91 Å². The molecule has 1 aliphatic rings. The van der Waals surface area contributed by atoms with Crippen LogP contribution in [0.2, 0.25) is 0 Å². The molecule has 146 valence electrons. The minimum atomic E-state index is -3.67. The number of methoxy groups -OCH3 is 1. The number of carbonyl (C=O) groups excluding carboxylic acids is 1. The fourth-order valence-electron chi connectivity index (χ4n) is 2.66. The van der Waals surface area contributed by atoms with Gasteiger partial charge in [0.1, 0.15) is 0 Å². The number of nitrogens with one attached hydrogen (secondary N) is 2. The first kappa shape index (κ1) is 20.8. The highest BCUT2D eigenvalue weighted by molar-refractivity contribution is 7.89. The van der Waals surface area contributed by atoms with Gasteiger partial charge in [-0.05, 0) is 25.1 Å².